The predicted molar refractivity (Wildman–Crippen MR) is 108 cm³/mol. The zero-order valence-electron chi connectivity index (χ0n) is 15.2. The molecule has 0 radical (unpaired) electrons. The number of carbonyl (C=O) groups is 2. The van der Waals surface area contributed by atoms with Gasteiger partial charge in [0.05, 0.1) is 16.8 Å². The molecule has 0 spiro atoms. The molecular weight excluding hydrogens is 374 g/mol. The first-order valence-electron chi connectivity index (χ1n) is 8.76. The molecule has 0 fully saturated rings. The molecule has 0 aliphatic carbocycles. The molecule has 28 heavy (non-hydrogen) atoms. The molecule has 0 unspecified atom stereocenters. The van der Waals surface area contributed by atoms with E-state index in [4.69, 9.17) is 0 Å². The van der Waals surface area contributed by atoms with Gasteiger partial charge in [0.2, 0.25) is 0 Å². The van der Waals surface area contributed by atoms with E-state index in [1.165, 1.54) is 27.3 Å². The van der Waals surface area contributed by atoms with Crippen LogP contribution in [-0.4, -0.2) is 39.1 Å². The number of hydrogen-bond donors (Lipinski definition) is 0. The largest absolute Gasteiger partial charge is 0.286 e. The molecule has 0 N–H and O–H groups in total. The van der Waals surface area contributed by atoms with Gasteiger partial charge in [0.1, 0.15) is 0 Å². The molecule has 1 aromatic heterocycles. The molecule has 0 saturated carbocycles. The van der Waals surface area contributed by atoms with Crippen LogP contribution in [0.4, 0.5) is 0 Å². The molecule has 0 saturated heterocycles. The van der Waals surface area contributed by atoms with E-state index < -0.39 is 0 Å². The second-order valence-electron chi connectivity index (χ2n) is 6.29. The third kappa shape index (κ3) is 3.14. The van der Waals surface area contributed by atoms with E-state index >= 15 is 0 Å². The van der Waals surface area contributed by atoms with Crippen molar-refractivity contribution in [3.8, 4) is 11.3 Å². The van der Waals surface area contributed by atoms with Gasteiger partial charge in [-0.2, -0.15) is 0 Å². The average molecular weight is 391 g/mol. The lowest BCUT2D eigenvalue weighted by molar-refractivity contribution is 0.0647. The fraction of sp³-hybridized carbons (Fsp3) is 0.143. The van der Waals surface area contributed by atoms with E-state index in [-0.39, 0.29) is 30.5 Å². The first kappa shape index (κ1) is 18.2. The quantitative estimate of drug-likeness (QED) is 0.380. The summed E-state index contributed by atoms with van der Waals surface area (Å²) in [6.07, 6.45) is 1.84. The molecule has 1 aliphatic rings. The Morgan fingerprint density at radius 1 is 0.857 bits per heavy atom. The van der Waals surface area contributed by atoms with Crippen LogP contribution in [0.2, 0.25) is 0 Å². The Bertz CT molecular complexity index is 1090. The van der Waals surface area contributed by atoms with Crippen LogP contribution in [0.15, 0.2) is 70.6 Å². The Kier molecular flexibility index (Phi) is 4.83. The summed E-state index contributed by atoms with van der Waals surface area (Å²) in [5.41, 5.74) is 2.06. The van der Waals surface area contributed by atoms with Crippen molar-refractivity contribution in [2.45, 2.75) is 11.7 Å². The van der Waals surface area contributed by atoms with Crippen molar-refractivity contribution in [1.82, 2.24) is 14.5 Å². The number of benzene rings is 2. The fourth-order valence-electron chi connectivity index (χ4n) is 3.25. The Morgan fingerprint density at radius 3 is 2.07 bits per heavy atom. The maximum atomic E-state index is 12.7. The molecule has 2 amide bonds. The van der Waals surface area contributed by atoms with Crippen molar-refractivity contribution in [2.24, 2.45) is 0 Å². The molecule has 7 heteroatoms. The van der Waals surface area contributed by atoms with Crippen molar-refractivity contribution < 1.29 is 9.59 Å². The van der Waals surface area contributed by atoms with E-state index in [0.717, 1.165) is 5.56 Å². The van der Waals surface area contributed by atoms with Gasteiger partial charge in [0, 0.05) is 24.7 Å². The summed E-state index contributed by atoms with van der Waals surface area (Å²) in [6.45, 7) is 0.314. The molecule has 2 aromatic carbocycles. The van der Waals surface area contributed by atoms with Crippen LogP contribution in [0.5, 0.6) is 0 Å². The second-order valence-corrected chi connectivity index (χ2v) is 7.06. The van der Waals surface area contributed by atoms with Gasteiger partial charge in [0.25, 0.3) is 17.4 Å². The van der Waals surface area contributed by atoms with Gasteiger partial charge in [-0.05, 0) is 18.4 Å². The lowest BCUT2D eigenvalue weighted by Gasteiger charge is -2.17. The summed E-state index contributed by atoms with van der Waals surface area (Å²) in [5.74, 6) is -0.651. The molecule has 4 rings (SSSR count). The summed E-state index contributed by atoms with van der Waals surface area (Å²) in [6, 6.07) is 17.7. The minimum atomic E-state index is -0.326. The van der Waals surface area contributed by atoms with Crippen LogP contribution in [0.1, 0.15) is 20.7 Å². The lowest BCUT2D eigenvalue weighted by atomic mass is 10.1. The lowest BCUT2D eigenvalue weighted by Crippen LogP contribution is -2.35. The number of amides is 2. The van der Waals surface area contributed by atoms with Gasteiger partial charge >= 0.3 is 0 Å². The number of fused-ring (bicyclic) bond motifs is 1. The van der Waals surface area contributed by atoms with Crippen molar-refractivity contribution >= 4 is 23.6 Å². The SMILES string of the molecule is CSc1nc(-c2ccccc2)cc(=O)n1CCN1C(=O)c2ccccc2C1=O. The van der Waals surface area contributed by atoms with Crippen molar-refractivity contribution in [1.29, 1.82) is 0 Å². The molecule has 3 aromatic rings. The highest BCUT2D eigenvalue weighted by molar-refractivity contribution is 7.98. The Morgan fingerprint density at radius 2 is 1.46 bits per heavy atom. The van der Waals surface area contributed by atoms with E-state index in [1.807, 2.05) is 36.6 Å². The van der Waals surface area contributed by atoms with Gasteiger partial charge in [-0.15, -0.1) is 0 Å². The molecule has 0 bridgehead atoms. The Labute approximate surface area is 165 Å². The fourth-order valence-corrected chi connectivity index (χ4v) is 3.84. The monoisotopic (exact) mass is 391 g/mol. The molecule has 0 atom stereocenters. The third-order valence-electron chi connectivity index (χ3n) is 4.65. The summed E-state index contributed by atoms with van der Waals surface area (Å²) in [4.78, 5) is 43.5. The van der Waals surface area contributed by atoms with Gasteiger partial charge in [-0.1, -0.05) is 54.2 Å². The first-order valence-corrected chi connectivity index (χ1v) is 9.99. The van der Waals surface area contributed by atoms with Crippen LogP contribution < -0.4 is 5.56 Å². The summed E-state index contributed by atoms with van der Waals surface area (Å²) in [7, 11) is 0. The molecule has 6 nitrogen and oxygen atoms in total. The zero-order valence-corrected chi connectivity index (χ0v) is 16.0. The van der Waals surface area contributed by atoms with Gasteiger partial charge in [0.15, 0.2) is 5.16 Å². The number of thioether (sulfide) groups is 1. The van der Waals surface area contributed by atoms with Gasteiger partial charge < -0.3 is 0 Å². The Hall–Kier alpha value is -3.19. The van der Waals surface area contributed by atoms with E-state index in [2.05, 4.69) is 4.98 Å². The highest BCUT2D eigenvalue weighted by Crippen LogP contribution is 2.23. The van der Waals surface area contributed by atoms with E-state index in [1.54, 1.807) is 24.3 Å². The van der Waals surface area contributed by atoms with Crippen LogP contribution in [0.25, 0.3) is 11.3 Å². The Balaban J connectivity index is 1.60. The smallest absolute Gasteiger partial charge is 0.261 e. The summed E-state index contributed by atoms with van der Waals surface area (Å²) in [5, 5.41) is 0.544. The average Bonchev–Trinajstić information content (AvgIpc) is 2.98. The molecule has 1 aliphatic heterocycles. The number of rotatable bonds is 5. The number of aromatic nitrogens is 2. The zero-order chi connectivity index (χ0) is 19.7. The van der Waals surface area contributed by atoms with Crippen LogP contribution in [0.3, 0.4) is 0 Å². The van der Waals surface area contributed by atoms with Crippen LogP contribution >= 0.6 is 11.8 Å². The number of hydrogen-bond acceptors (Lipinski definition) is 5. The number of carbonyl (C=O) groups excluding carboxylic acids is 2. The normalized spacial score (nSPS) is 13.1. The minimum absolute atomic E-state index is 0.117. The third-order valence-corrected chi connectivity index (χ3v) is 5.33. The maximum Gasteiger partial charge on any atom is 0.261 e. The van der Waals surface area contributed by atoms with Crippen molar-refractivity contribution in [2.75, 3.05) is 12.8 Å². The van der Waals surface area contributed by atoms with Crippen molar-refractivity contribution in [3.05, 3.63) is 82.1 Å². The minimum Gasteiger partial charge on any atom is -0.286 e. The van der Waals surface area contributed by atoms with Gasteiger partial charge in [-0.25, -0.2) is 4.98 Å². The second kappa shape index (κ2) is 7.44. The maximum absolute atomic E-state index is 12.7. The molecule has 2 heterocycles. The molecule has 140 valence electrons. The van der Waals surface area contributed by atoms with Crippen LogP contribution in [0, 0.1) is 0 Å². The molecular formula is C21H17N3O3S. The van der Waals surface area contributed by atoms with Crippen LogP contribution in [-0.2, 0) is 6.54 Å². The van der Waals surface area contributed by atoms with E-state index in [9.17, 15) is 14.4 Å². The first-order chi connectivity index (χ1) is 13.6. The van der Waals surface area contributed by atoms with Crippen molar-refractivity contribution in [3.63, 3.8) is 0 Å². The summed E-state index contributed by atoms with van der Waals surface area (Å²) < 4.78 is 1.50. The summed E-state index contributed by atoms with van der Waals surface area (Å²) >= 11 is 1.35. The van der Waals surface area contributed by atoms with E-state index in [0.29, 0.717) is 22.0 Å². The highest BCUT2D eigenvalue weighted by atomic mass is 32.2. The standard InChI is InChI=1S/C21H17N3O3S/c1-28-21-22-17(14-7-3-2-4-8-14)13-18(25)23(21)11-12-24-19(26)15-9-5-6-10-16(15)20(24)27/h2-10,13H,11-12H2,1H3. The van der Waals surface area contributed by atoms with Gasteiger partial charge in [-0.3, -0.25) is 23.9 Å². The predicted octanol–water partition coefficient (Wildman–Crippen LogP) is 2.93. The number of nitrogens with zero attached hydrogens (tertiary/aromatic N) is 3. The highest BCUT2D eigenvalue weighted by Gasteiger charge is 2.34. The number of imide groups is 1. The topological polar surface area (TPSA) is 72.3 Å².